The number of carbonyl (C=O) groups is 3. The van der Waals surface area contributed by atoms with Crippen LogP contribution in [0, 0.1) is 0 Å². The molecular formula is C60H94O6. The third kappa shape index (κ3) is 50.5. The number of hydrogen-bond donors (Lipinski definition) is 0. The summed E-state index contributed by atoms with van der Waals surface area (Å²) in [5.74, 6) is -1.06. The van der Waals surface area contributed by atoms with Gasteiger partial charge in [0, 0.05) is 19.3 Å². The minimum atomic E-state index is -0.833. The van der Waals surface area contributed by atoms with E-state index in [0.29, 0.717) is 12.8 Å². The lowest BCUT2D eigenvalue weighted by molar-refractivity contribution is -0.166. The Morgan fingerprint density at radius 1 is 0.318 bits per heavy atom. The van der Waals surface area contributed by atoms with Crippen molar-refractivity contribution < 1.29 is 28.6 Å². The van der Waals surface area contributed by atoms with E-state index in [1.165, 1.54) is 32.1 Å². The Morgan fingerprint density at radius 3 is 1.03 bits per heavy atom. The molecule has 0 saturated carbocycles. The van der Waals surface area contributed by atoms with Crippen molar-refractivity contribution in [1.29, 1.82) is 0 Å². The number of unbranched alkanes of at least 4 members (excludes halogenated alkanes) is 12. The van der Waals surface area contributed by atoms with Gasteiger partial charge in [0.15, 0.2) is 6.10 Å². The van der Waals surface area contributed by atoms with Crippen molar-refractivity contribution in [3.8, 4) is 0 Å². The van der Waals surface area contributed by atoms with Crippen molar-refractivity contribution in [2.24, 2.45) is 0 Å². The van der Waals surface area contributed by atoms with Crippen molar-refractivity contribution in [2.45, 2.75) is 213 Å². The second-order valence-electron chi connectivity index (χ2n) is 16.7. The maximum absolute atomic E-state index is 12.8. The first kappa shape index (κ1) is 61.5. The Bertz CT molecular complexity index is 1460. The third-order valence-corrected chi connectivity index (χ3v) is 10.4. The molecular weight excluding hydrogens is 817 g/mol. The average Bonchev–Trinajstić information content (AvgIpc) is 3.31. The Balaban J connectivity index is 4.57. The van der Waals surface area contributed by atoms with Crippen LogP contribution in [0.2, 0.25) is 0 Å². The van der Waals surface area contributed by atoms with Crippen LogP contribution in [0.4, 0.5) is 0 Å². The smallest absolute Gasteiger partial charge is 0.306 e. The van der Waals surface area contributed by atoms with E-state index >= 15 is 0 Å². The minimum absolute atomic E-state index is 0.128. The fourth-order valence-electron chi connectivity index (χ4n) is 6.51. The van der Waals surface area contributed by atoms with E-state index in [0.717, 1.165) is 128 Å². The lowest BCUT2D eigenvalue weighted by Crippen LogP contribution is -2.30. The third-order valence-electron chi connectivity index (χ3n) is 10.4. The van der Waals surface area contributed by atoms with Gasteiger partial charge in [0.2, 0.25) is 0 Å². The summed E-state index contributed by atoms with van der Waals surface area (Å²) in [7, 11) is 0. The van der Waals surface area contributed by atoms with Crippen LogP contribution >= 0.6 is 0 Å². The Kier molecular flexibility index (Phi) is 49.6. The molecule has 1 unspecified atom stereocenters. The van der Waals surface area contributed by atoms with Crippen LogP contribution in [0.5, 0.6) is 0 Å². The molecule has 370 valence electrons. The molecule has 0 rings (SSSR count). The quantitative estimate of drug-likeness (QED) is 0.0262. The minimum Gasteiger partial charge on any atom is -0.462 e. The lowest BCUT2D eigenvalue weighted by Gasteiger charge is -2.18. The molecule has 0 amide bonds. The first-order valence-corrected chi connectivity index (χ1v) is 26.2. The Morgan fingerprint density at radius 2 is 0.621 bits per heavy atom. The zero-order chi connectivity index (χ0) is 47.9. The Labute approximate surface area is 405 Å². The maximum atomic E-state index is 12.8. The second-order valence-corrected chi connectivity index (χ2v) is 16.7. The highest BCUT2D eigenvalue weighted by Gasteiger charge is 2.19. The molecule has 0 aromatic heterocycles. The predicted octanol–water partition coefficient (Wildman–Crippen LogP) is 17.5. The fourth-order valence-corrected chi connectivity index (χ4v) is 6.51. The number of esters is 3. The van der Waals surface area contributed by atoms with Crippen LogP contribution in [0.25, 0.3) is 0 Å². The molecule has 0 saturated heterocycles. The van der Waals surface area contributed by atoms with Gasteiger partial charge < -0.3 is 14.2 Å². The number of hydrogen-bond acceptors (Lipinski definition) is 6. The molecule has 0 bridgehead atoms. The van der Waals surface area contributed by atoms with E-state index in [2.05, 4.69) is 142 Å². The van der Waals surface area contributed by atoms with Gasteiger partial charge in [-0.1, -0.05) is 199 Å². The molecule has 0 heterocycles. The molecule has 6 heteroatoms. The summed E-state index contributed by atoms with van der Waals surface area (Å²) in [6.45, 7) is 6.26. The van der Waals surface area contributed by atoms with Crippen molar-refractivity contribution in [2.75, 3.05) is 13.2 Å². The number of carbonyl (C=O) groups excluding carboxylic acids is 3. The van der Waals surface area contributed by atoms with E-state index in [9.17, 15) is 14.4 Å². The molecule has 0 aliphatic rings. The molecule has 66 heavy (non-hydrogen) atoms. The van der Waals surface area contributed by atoms with Gasteiger partial charge in [0.1, 0.15) is 13.2 Å². The first-order chi connectivity index (χ1) is 32.5. The standard InChI is InChI=1S/C60H94O6/c1-4-7-10-13-16-19-22-25-27-29-30-31-33-35-38-41-44-47-50-53-59(62)65-56-57(55-64-58(61)52-49-46-43-40-37-34-24-21-18-15-12-9-6-3)66-60(63)54-51-48-45-42-39-36-32-28-26-23-20-17-14-11-8-5-2/h7,9-10,12,16,18-21,23,25,27-28,30-32,34-35,37-38,43,46,57H,4-6,8,11,13-15,17,22,24,26,29,33,36,39-42,44-45,47-56H2,1-3H3/b10-7-,12-9-,19-16-,21-18-,23-20-,27-25-,31-30-,32-28-,37-34-,38-35-,46-43-. The highest BCUT2D eigenvalue weighted by Crippen LogP contribution is 2.12. The van der Waals surface area contributed by atoms with E-state index in [1.54, 1.807) is 0 Å². The SMILES string of the molecule is CC/C=C\C/C=C\C/C=C\C/C=C\C/C=C\CCCCCC(=O)OCC(COC(=O)CC/C=C\C/C=C\C/C=C\C/C=C\CC)OC(=O)CCCCCCC/C=C\C/C=C\CCCCCC. The summed E-state index contributed by atoms with van der Waals surface area (Å²) in [5, 5.41) is 0. The van der Waals surface area contributed by atoms with Gasteiger partial charge in [-0.25, -0.2) is 0 Å². The van der Waals surface area contributed by atoms with E-state index in [1.807, 2.05) is 12.2 Å². The summed E-state index contributed by atoms with van der Waals surface area (Å²) < 4.78 is 16.7. The van der Waals surface area contributed by atoms with E-state index in [4.69, 9.17) is 14.2 Å². The number of ether oxygens (including phenoxy) is 3. The number of allylic oxidation sites excluding steroid dienone is 22. The zero-order valence-electron chi connectivity index (χ0n) is 42.1. The monoisotopic (exact) mass is 911 g/mol. The molecule has 0 aromatic carbocycles. The van der Waals surface area contributed by atoms with Gasteiger partial charge in [-0.05, 0) is 122 Å². The predicted molar refractivity (Wildman–Crippen MR) is 283 cm³/mol. The van der Waals surface area contributed by atoms with Gasteiger partial charge in [0.05, 0.1) is 0 Å². The average molecular weight is 911 g/mol. The second kappa shape index (κ2) is 53.2. The van der Waals surface area contributed by atoms with Crippen molar-refractivity contribution in [1.82, 2.24) is 0 Å². The lowest BCUT2D eigenvalue weighted by atomic mass is 10.1. The van der Waals surface area contributed by atoms with Gasteiger partial charge in [0.25, 0.3) is 0 Å². The van der Waals surface area contributed by atoms with E-state index < -0.39 is 6.10 Å². The van der Waals surface area contributed by atoms with Crippen molar-refractivity contribution >= 4 is 17.9 Å². The fraction of sp³-hybridized carbons (Fsp3) is 0.583. The first-order valence-electron chi connectivity index (χ1n) is 26.2. The highest BCUT2D eigenvalue weighted by atomic mass is 16.6. The van der Waals surface area contributed by atoms with Crippen LogP contribution in [0.3, 0.4) is 0 Å². The molecule has 0 aromatic rings. The summed E-state index contributed by atoms with van der Waals surface area (Å²) in [6.07, 6.45) is 74.5. The molecule has 0 aliphatic heterocycles. The van der Waals surface area contributed by atoms with Gasteiger partial charge in [-0.15, -0.1) is 0 Å². The van der Waals surface area contributed by atoms with Crippen LogP contribution in [-0.4, -0.2) is 37.2 Å². The summed E-state index contributed by atoms with van der Waals surface area (Å²) in [6, 6.07) is 0. The van der Waals surface area contributed by atoms with Crippen molar-refractivity contribution in [3.05, 3.63) is 134 Å². The highest BCUT2D eigenvalue weighted by molar-refractivity contribution is 5.71. The topological polar surface area (TPSA) is 78.9 Å². The normalized spacial score (nSPS) is 13.2. The van der Waals surface area contributed by atoms with Crippen molar-refractivity contribution in [3.63, 3.8) is 0 Å². The molecule has 0 N–H and O–H groups in total. The maximum Gasteiger partial charge on any atom is 0.306 e. The molecule has 0 fully saturated rings. The van der Waals surface area contributed by atoms with Crippen LogP contribution in [0.15, 0.2) is 134 Å². The summed E-state index contributed by atoms with van der Waals surface area (Å²) in [5.41, 5.74) is 0. The van der Waals surface area contributed by atoms with Crippen LogP contribution in [0.1, 0.15) is 207 Å². The summed E-state index contributed by atoms with van der Waals surface area (Å²) >= 11 is 0. The van der Waals surface area contributed by atoms with Crippen LogP contribution < -0.4 is 0 Å². The van der Waals surface area contributed by atoms with Gasteiger partial charge >= 0.3 is 17.9 Å². The Hall–Kier alpha value is -4.45. The molecule has 0 radical (unpaired) electrons. The molecule has 6 nitrogen and oxygen atoms in total. The summed E-state index contributed by atoms with van der Waals surface area (Å²) in [4.78, 5) is 38.0. The van der Waals surface area contributed by atoms with Crippen LogP contribution in [-0.2, 0) is 28.6 Å². The molecule has 1 atom stereocenters. The van der Waals surface area contributed by atoms with Gasteiger partial charge in [-0.3, -0.25) is 14.4 Å². The molecule has 0 spiro atoms. The largest absolute Gasteiger partial charge is 0.462 e. The zero-order valence-corrected chi connectivity index (χ0v) is 42.1. The van der Waals surface area contributed by atoms with E-state index in [-0.39, 0.29) is 44.0 Å². The number of rotatable bonds is 45. The van der Waals surface area contributed by atoms with Gasteiger partial charge in [-0.2, -0.15) is 0 Å². The molecule has 0 aliphatic carbocycles.